The summed E-state index contributed by atoms with van der Waals surface area (Å²) in [5, 5.41) is 109. The van der Waals surface area contributed by atoms with Gasteiger partial charge in [0.05, 0.1) is 38.0 Å². The van der Waals surface area contributed by atoms with E-state index in [9.17, 15) is 79.7 Å². The van der Waals surface area contributed by atoms with Crippen LogP contribution in [-0.2, 0) is 46.9 Å². The SMILES string of the molecule is CCC1O[C@@H](OCC(=O)NCC(=O)NC2C(O)CC(OP(=O)([O-])OCC3OC(n4ccc(N)nc4=O)C(O)C3O)(C(=O)[O-])OC2[C@H](O)[C@H](O)CO)C(O)[C@@H](O)[C@H]1O. The van der Waals surface area contributed by atoms with E-state index in [0.29, 0.717) is 0 Å². The molecule has 2 amide bonds. The zero-order valence-corrected chi connectivity index (χ0v) is 30.6. The van der Waals surface area contributed by atoms with Gasteiger partial charge in [-0.1, -0.05) is 6.92 Å². The van der Waals surface area contributed by atoms with Gasteiger partial charge in [-0.05, 0) is 12.5 Å². The van der Waals surface area contributed by atoms with Crippen LogP contribution in [0.1, 0.15) is 26.0 Å². The Morgan fingerprint density at radius 3 is 2.35 bits per heavy atom. The second-order valence-electron chi connectivity index (χ2n) is 13.2. The van der Waals surface area contributed by atoms with Gasteiger partial charge in [0.25, 0.3) is 7.82 Å². The number of nitrogens with zero attached hydrogens (tertiary/aromatic N) is 2. The van der Waals surface area contributed by atoms with Crippen LogP contribution >= 0.6 is 7.82 Å². The second kappa shape index (κ2) is 19.2. The fourth-order valence-corrected chi connectivity index (χ4v) is 7.02. The smallest absolute Gasteiger partial charge is 0.351 e. The number of amides is 2. The van der Waals surface area contributed by atoms with Crippen molar-refractivity contribution in [1.82, 2.24) is 20.2 Å². The predicted octanol–water partition coefficient (Wildman–Crippen LogP) is -9.91. The van der Waals surface area contributed by atoms with Crippen molar-refractivity contribution < 1.29 is 103 Å². The third-order valence-corrected chi connectivity index (χ3v) is 10.1. The maximum Gasteiger partial charge on any atom is 0.351 e. The van der Waals surface area contributed by atoms with Crippen molar-refractivity contribution in [2.45, 2.75) is 111 Å². The fraction of sp³-hybridized carbons (Fsp3) is 0.759. The first-order chi connectivity index (χ1) is 26.6. The number of carboxylic acids is 1. The molecule has 0 aromatic carbocycles. The minimum absolute atomic E-state index is 0.185. The molecule has 13 N–H and O–H groups in total. The zero-order valence-electron chi connectivity index (χ0n) is 29.7. The first kappa shape index (κ1) is 46.4. The number of phosphoric acid groups is 1. The molecule has 1 aromatic rings. The largest absolute Gasteiger partial charge is 0.756 e. The van der Waals surface area contributed by atoms with E-state index < -0.39 is 156 Å². The van der Waals surface area contributed by atoms with E-state index in [2.05, 4.69) is 24.7 Å². The van der Waals surface area contributed by atoms with Crippen molar-refractivity contribution in [1.29, 1.82) is 0 Å². The molecule has 11 unspecified atom stereocenters. The number of nitrogen functional groups attached to an aromatic ring is 1. The standard InChI is InChI=1S/C29H46N5O22P/c1-2-12-19(41)21(43)23(45)26(54-12)51-9-16(39)31-6-15(38)33-17-10(36)5-29(27(46)47,55-24(17)18(40)11(37)7-35)56-57(49,50)52-8-13-20(42)22(44)25(53-13)34-4-3-14(30)32-28(34)48/h3-4,10-13,17-26,35-37,40-45H,2,5-9H2,1H3,(H,31,39)(H,33,38)(H,46,47)(H,49,50)(H2,30,32,48)/p-2/t10?,11-,12?,13?,17?,18-,19+,20?,21+,22?,23?,24?,25?,26-,29?/m1/s1. The Morgan fingerprint density at radius 1 is 1.07 bits per heavy atom. The molecule has 57 heavy (non-hydrogen) atoms. The molecule has 4 rings (SSSR count). The minimum Gasteiger partial charge on any atom is -0.756 e. The predicted molar refractivity (Wildman–Crippen MR) is 174 cm³/mol. The molecular weight excluding hydrogens is 801 g/mol. The molecule has 324 valence electrons. The summed E-state index contributed by atoms with van der Waals surface area (Å²) < 4.78 is 44.1. The maximum absolute atomic E-state index is 12.9. The number of aliphatic carboxylic acids is 1. The molecule has 3 saturated heterocycles. The molecule has 0 aliphatic carbocycles. The van der Waals surface area contributed by atoms with Crippen LogP contribution in [0.4, 0.5) is 5.82 Å². The molecule has 3 fully saturated rings. The van der Waals surface area contributed by atoms with E-state index in [1.807, 2.05) is 0 Å². The van der Waals surface area contributed by atoms with Crippen LogP contribution < -0.4 is 32.1 Å². The van der Waals surface area contributed by atoms with E-state index in [0.717, 1.165) is 16.8 Å². The number of ether oxygens (including phenoxy) is 4. The molecule has 16 atom stereocenters. The quantitative estimate of drug-likeness (QED) is 0.0648. The molecule has 0 radical (unpaired) electrons. The van der Waals surface area contributed by atoms with Crippen LogP contribution in [0.15, 0.2) is 17.1 Å². The highest BCUT2D eigenvalue weighted by Crippen LogP contribution is 2.48. The molecule has 27 nitrogen and oxygen atoms in total. The molecule has 1 aromatic heterocycles. The molecule has 3 aliphatic heterocycles. The summed E-state index contributed by atoms with van der Waals surface area (Å²) in [6.07, 6.45) is -23.6. The van der Waals surface area contributed by atoms with Gasteiger partial charge in [-0.3, -0.25) is 23.2 Å². The van der Waals surface area contributed by atoms with Crippen LogP contribution in [-0.4, -0.2) is 185 Å². The number of carbonyl (C=O) groups excluding carboxylic acids is 3. The number of anilines is 1. The normalized spacial score (nSPS) is 36.5. The molecule has 4 heterocycles. The van der Waals surface area contributed by atoms with E-state index in [1.165, 1.54) is 0 Å². The van der Waals surface area contributed by atoms with Gasteiger partial charge in [-0.2, -0.15) is 4.98 Å². The van der Waals surface area contributed by atoms with Gasteiger partial charge >= 0.3 is 5.69 Å². The van der Waals surface area contributed by atoms with Gasteiger partial charge in [0.1, 0.15) is 73.3 Å². The number of aliphatic hydroxyl groups excluding tert-OH is 9. The molecule has 0 spiro atoms. The average Bonchev–Trinajstić information content (AvgIpc) is 3.43. The summed E-state index contributed by atoms with van der Waals surface area (Å²) in [6.45, 7) is -2.52. The van der Waals surface area contributed by atoms with Gasteiger partial charge in [0.15, 0.2) is 12.5 Å². The monoisotopic (exact) mass is 845 g/mol. The second-order valence-corrected chi connectivity index (χ2v) is 14.5. The van der Waals surface area contributed by atoms with Crippen molar-refractivity contribution >= 4 is 31.4 Å². The summed E-state index contributed by atoms with van der Waals surface area (Å²) in [6, 6.07) is -0.758. The third-order valence-electron chi connectivity index (χ3n) is 9.14. The minimum atomic E-state index is -5.97. The topological polar surface area (TPSA) is 437 Å². The Labute approximate surface area is 320 Å². The number of carbonyl (C=O) groups is 3. The third kappa shape index (κ3) is 10.8. The van der Waals surface area contributed by atoms with Crippen LogP contribution in [0.2, 0.25) is 0 Å². The number of rotatable bonds is 17. The summed E-state index contributed by atoms with van der Waals surface area (Å²) in [5.41, 5.74) is 4.42. The van der Waals surface area contributed by atoms with E-state index >= 15 is 0 Å². The van der Waals surface area contributed by atoms with Crippen LogP contribution in [0.5, 0.6) is 0 Å². The molecule has 0 bridgehead atoms. The summed E-state index contributed by atoms with van der Waals surface area (Å²) in [4.78, 5) is 66.1. The number of nitrogens with two attached hydrogens (primary N) is 1. The number of phosphoric ester groups is 1. The maximum atomic E-state index is 12.9. The van der Waals surface area contributed by atoms with Gasteiger partial charge in [0.2, 0.25) is 17.6 Å². The van der Waals surface area contributed by atoms with Crippen molar-refractivity contribution in [2.24, 2.45) is 0 Å². The van der Waals surface area contributed by atoms with E-state index in [-0.39, 0.29) is 12.2 Å². The van der Waals surface area contributed by atoms with Gasteiger partial charge in [-0.15, -0.1) is 0 Å². The van der Waals surface area contributed by atoms with Crippen molar-refractivity contribution in [3.63, 3.8) is 0 Å². The van der Waals surface area contributed by atoms with E-state index in [1.54, 1.807) is 6.92 Å². The number of hydrogen-bond donors (Lipinski definition) is 12. The lowest BCUT2D eigenvalue weighted by Gasteiger charge is -2.50. The van der Waals surface area contributed by atoms with Crippen molar-refractivity contribution in [3.05, 3.63) is 22.7 Å². The zero-order chi connectivity index (χ0) is 42.6. The van der Waals surface area contributed by atoms with Gasteiger partial charge < -0.3 is 101 Å². The highest BCUT2D eigenvalue weighted by atomic mass is 31.2. The number of nitrogens with one attached hydrogen (secondary N) is 2. The Balaban J connectivity index is 1.40. The number of carboxylic acid groups (broad SMARTS) is 1. The summed E-state index contributed by atoms with van der Waals surface area (Å²) in [7, 11) is -5.97. The molecule has 3 aliphatic rings. The lowest BCUT2D eigenvalue weighted by atomic mass is 9.88. The number of aliphatic hydroxyl groups is 9. The average molecular weight is 846 g/mol. The summed E-state index contributed by atoms with van der Waals surface area (Å²) in [5.74, 6) is -8.38. The Kier molecular flexibility index (Phi) is 15.6. The Hall–Kier alpha value is -3.32. The molecule has 0 saturated carbocycles. The summed E-state index contributed by atoms with van der Waals surface area (Å²) >= 11 is 0. The fourth-order valence-electron chi connectivity index (χ4n) is 6.08. The Bertz CT molecular complexity index is 1670. The lowest BCUT2D eigenvalue weighted by Crippen LogP contribution is -2.70. The lowest BCUT2D eigenvalue weighted by molar-refractivity contribution is -0.377. The van der Waals surface area contributed by atoms with Gasteiger partial charge in [-0.25, -0.2) is 4.79 Å². The highest BCUT2D eigenvalue weighted by molar-refractivity contribution is 7.45. The Morgan fingerprint density at radius 2 is 1.74 bits per heavy atom. The molecular formula is C29H44N5O22P-2. The first-order valence-electron chi connectivity index (χ1n) is 17.1. The first-order valence-corrected chi connectivity index (χ1v) is 18.6. The van der Waals surface area contributed by atoms with E-state index in [4.69, 9.17) is 24.7 Å². The molecule has 28 heteroatoms. The van der Waals surface area contributed by atoms with Crippen LogP contribution in [0.3, 0.4) is 0 Å². The van der Waals surface area contributed by atoms with Gasteiger partial charge in [0, 0.05) is 12.6 Å². The van der Waals surface area contributed by atoms with Crippen LogP contribution in [0, 0.1) is 0 Å². The number of hydrogen-bond acceptors (Lipinski definition) is 24. The highest BCUT2D eigenvalue weighted by Gasteiger charge is 2.54. The van der Waals surface area contributed by atoms with Crippen LogP contribution in [0.25, 0.3) is 0 Å². The van der Waals surface area contributed by atoms with Crippen molar-refractivity contribution in [2.75, 3.05) is 32.1 Å². The number of aromatic nitrogens is 2. The van der Waals surface area contributed by atoms with Crippen molar-refractivity contribution in [3.8, 4) is 0 Å².